The number of benzene rings is 1. The highest BCUT2D eigenvalue weighted by Crippen LogP contribution is 2.25. The van der Waals surface area contributed by atoms with Crippen LogP contribution >= 0.6 is 38.5 Å². The minimum Gasteiger partial charge on any atom is -0.465 e. The fourth-order valence-electron chi connectivity index (χ4n) is 0.832. The number of methoxy groups -OCH3 is 1. The van der Waals surface area contributed by atoms with E-state index in [0.717, 1.165) is 3.57 Å². The van der Waals surface area contributed by atoms with Crippen molar-refractivity contribution in [3.63, 3.8) is 0 Å². The van der Waals surface area contributed by atoms with E-state index in [-0.39, 0.29) is 0 Å². The van der Waals surface area contributed by atoms with Crippen molar-refractivity contribution in [3.05, 3.63) is 25.7 Å². The second kappa shape index (κ2) is 4.28. The Kier molecular flexibility index (Phi) is 3.55. The first kappa shape index (κ1) is 10.8. The molecule has 0 spiro atoms. The van der Waals surface area contributed by atoms with Crippen molar-refractivity contribution >= 4 is 50.2 Å². The van der Waals surface area contributed by atoms with Crippen LogP contribution in [0.3, 0.4) is 0 Å². The Balaban J connectivity index is 3.23. The highest BCUT2D eigenvalue weighted by atomic mass is 127. The molecule has 1 rings (SSSR count). The Hall–Kier alpha value is -0.300. The smallest absolute Gasteiger partial charge is 0.339 e. The molecule has 5 heteroatoms. The van der Waals surface area contributed by atoms with Gasteiger partial charge in [-0.25, -0.2) is 4.79 Å². The van der Waals surface area contributed by atoms with Crippen molar-refractivity contribution in [3.8, 4) is 0 Å². The van der Waals surface area contributed by atoms with Crippen molar-refractivity contribution < 1.29 is 9.53 Å². The van der Waals surface area contributed by atoms with E-state index < -0.39 is 5.97 Å². The molecule has 3 nitrogen and oxygen atoms in total. The monoisotopic (exact) mass is 355 g/mol. The van der Waals surface area contributed by atoms with Gasteiger partial charge in [-0.05, 0) is 50.7 Å². The Morgan fingerprint density at radius 2 is 2.23 bits per heavy atom. The standard InChI is InChI=1S/C8H7BrINO2/c1-13-8(12)4-2-7(11)6(10)3-5(4)9/h2-3H,11H2,1H3. The van der Waals surface area contributed by atoms with E-state index in [2.05, 4.69) is 43.3 Å². The molecule has 0 saturated carbocycles. The highest BCUT2D eigenvalue weighted by molar-refractivity contribution is 14.1. The van der Waals surface area contributed by atoms with Gasteiger partial charge in [0.15, 0.2) is 0 Å². The van der Waals surface area contributed by atoms with E-state index in [0.29, 0.717) is 15.7 Å². The lowest BCUT2D eigenvalue weighted by atomic mass is 10.2. The number of rotatable bonds is 1. The Morgan fingerprint density at radius 1 is 1.62 bits per heavy atom. The van der Waals surface area contributed by atoms with Crippen LogP contribution < -0.4 is 5.73 Å². The molecule has 1 aromatic rings. The number of anilines is 1. The van der Waals surface area contributed by atoms with Gasteiger partial charge in [-0.3, -0.25) is 0 Å². The second-order valence-electron chi connectivity index (χ2n) is 2.35. The van der Waals surface area contributed by atoms with Gasteiger partial charge in [-0.1, -0.05) is 0 Å². The van der Waals surface area contributed by atoms with Crippen molar-refractivity contribution in [1.29, 1.82) is 0 Å². The molecule has 0 radical (unpaired) electrons. The lowest BCUT2D eigenvalue weighted by Gasteiger charge is -2.05. The fraction of sp³-hybridized carbons (Fsp3) is 0.125. The lowest BCUT2D eigenvalue weighted by Crippen LogP contribution is -2.04. The molecule has 2 N–H and O–H groups in total. The van der Waals surface area contributed by atoms with Crippen molar-refractivity contribution in [2.45, 2.75) is 0 Å². The van der Waals surface area contributed by atoms with Crippen LogP contribution in [-0.4, -0.2) is 13.1 Å². The maximum atomic E-state index is 11.2. The maximum Gasteiger partial charge on any atom is 0.339 e. The van der Waals surface area contributed by atoms with E-state index >= 15 is 0 Å². The van der Waals surface area contributed by atoms with Crippen molar-refractivity contribution in [2.75, 3.05) is 12.8 Å². The molecule has 0 aliphatic heterocycles. The van der Waals surface area contributed by atoms with Crippen LogP contribution in [0.4, 0.5) is 5.69 Å². The molecule has 70 valence electrons. The first-order valence-electron chi connectivity index (χ1n) is 3.39. The third-order valence-corrected chi connectivity index (χ3v) is 3.08. The lowest BCUT2D eigenvalue weighted by molar-refractivity contribution is 0.0599. The summed E-state index contributed by atoms with van der Waals surface area (Å²) in [5, 5.41) is 0. The number of carbonyl (C=O) groups is 1. The summed E-state index contributed by atoms with van der Waals surface area (Å²) >= 11 is 5.36. The van der Waals surface area contributed by atoms with Gasteiger partial charge < -0.3 is 10.5 Å². The number of halogens is 2. The van der Waals surface area contributed by atoms with Crippen LogP contribution in [0, 0.1) is 3.57 Å². The van der Waals surface area contributed by atoms with Gasteiger partial charge in [0.25, 0.3) is 0 Å². The fourth-order valence-corrected chi connectivity index (χ4v) is 2.23. The predicted octanol–water partition coefficient (Wildman–Crippen LogP) is 2.42. The molecule has 0 amide bonds. The molecular formula is C8H7BrINO2. The minimum absolute atomic E-state index is 0.394. The van der Waals surface area contributed by atoms with Gasteiger partial charge in [-0.15, -0.1) is 0 Å². The SMILES string of the molecule is COC(=O)c1cc(N)c(I)cc1Br. The predicted molar refractivity (Wildman–Crippen MR) is 62.6 cm³/mol. The summed E-state index contributed by atoms with van der Waals surface area (Å²) in [6.07, 6.45) is 0. The topological polar surface area (TPSA) is 52.3 Å². The molecule has 0 atom stereocenters. The Morgan fingerprint density at radius 3 is 2.77 bits per heavy atom. The quantitative estimate of drug-likeness (QED) is 0.478. The number of esters is 1. The molecule has 1 aromatic carbocycles. The molecule has 0 aliphatic rings. The molecule has 13 heavy (non-hydrogen) atoms. The third kappa shape index (κ3) is 2.34. The number of nitrogen functional groups attached to an aromatic ring is 1. The summed E-state index contributed by atoms with van der Waals surface area (Å²) in [5.41, 5.74) is 6.66. The number of ether oxygens (including phenoxy) is 1. The largest absolute Gasteiger partial charge is 0.465 e. The van der Waals surface area contributed by atoms with E-state index in [9.17, 15) is 4.79 Å². The molecule has 0 heterocycles. The van der Waals surface area contributed by atoms with Crippen LogP contribution in [0.1, 0.15) is 10.4 Å². The third-order valence-electron chi connectivity index (χ3n) is 1.49. The number of hydrogen-bond acceptors (Lipinski definition) is 3. The van der Waals surface area contributed by atoms with Gasteiger partial charge in [0.05, 0.1) is 12.7 Å². The van der Waals surface area contributed by atoms with E-state index in [1.54, 1.807) is 12.1 Å². The molecule has 0 aromatic heterocycles. The normalized spacial score (nSPS) is 9.77. The summed E-state index contributed by atoms with van der Waals surface area (Å²) in [5.74, 6) is -0.394. The highest BCUT2D eigenvalue weighted by Gasteiger charge is 2.12. The molecule has 0 fully saturated rings. The molecular weight excluding hydrogens is 349 g/mol. The summed E-state index contributed by atoms with van der Waals surface area (Å²) < 4.78 is 6.18. The van der Waals surface area contributed by atoms with Crippen LogP contribution in [0.5, 0.6) is 0 Å². The number of carbonyl (C=O) groups excluding carboxylic acids is 1. The van der Waals surface area contributed by atoms with Crippen molar-refractivity contribution in [2.24, 2.45) is 0 Å². The molecule has 0 aliphatic carbocycles. The van der Waals surface area contributed by atoms with Gasteiger partial charge in [0.1, 0.15) is 0 Å². The van der Waals surface area contributed by atoms with Crippen LogP contribution in [0.15, 0.2) is 16.6 Å². The number of nitrogens with two attached hydrogens (primary N) is 1. The first-order valence-corrected chi connectivity index (χ1v) is 5.26. The summed E-state index contributed by atoms with van der Waals surface area (Å²) in [7, 11) is 1.34. The zero-order valence-corrected chi connectivity index (χ0v) is 10.5. The first-order chi connectivity index (χ1) is 6.06. The maximum absolute atomic E-state index is 11.2. The zero-order valence-electron chi connectivity index (χ0n) is 6.80. The van der Waals surface area contributed by atoms with E-state index in [1.165, 1.54) is 7.11 Å². The van der Waals surface area contributed by atoms with Gasteiger partial charge in [0, 0.05) is 13.7 Å². The Bertz CT molecular complexity index is 354. The zero-order chi connectivity index (χ0) is 10.0. The molecule has 0 saturated heterocycles. The summed E-state index contributed by atoms with van der Waals surface area (Å²) in [6, 6.07) is 3.37. The van der Waals surface area contributed by atoms with Gasteiger partial charge in [-0.2, -0.15) is 0 Å². The number of hydrogen-bond donors (Lipinski definition) is 1. The summed E-state index contributed by atoms with van der Waals surface area (Å²) in [6.45, 7) is 0. The minimum atomic E-state index is -0.394. The average molecular weight is 356 g/mol. The molecule has 0 bridgehead atoms. The molecule has 0 unspecified atom stereocenters. The van der Waals surface area contributed by atoms with Crippen LogP contribution in [0.25, 0.3) is 0 Å². The summed E-state index contributed by atoms with van der Waals surface area (Å²) in [4.78, 5) is 11.2. The second-order valence-corrected chi connectivity index (χ2v) is 4.36. The van der Waals surface area contributed by atoms with Gasteiger partial charge in [0.2, 0.25) is 0 Å². The van der Waals surface area contributed by atoms with E-state index in [1.807, 2.05) is 0 Å². The Labute approximate surface area is 97.9 Å². The average Bonchev–Trinajstić information content (AvgIpc) is 2.10. The van der Waals surface area contributed by atoms with Crippen LogP contribution in [-0.2, 0) is 4.74 Å². The van der Waals surface area contributed by atoms with Crippen LogP contribution in [0.2, 0.25) is 0 Å². The van der Waals surface area contributed by atoms with Gasteiger partial charge >= 0.3 is 5.97 Å². The van der Waals surface area contributed by atoms with E-state index in [4.69, 9.17) is 5.73 Å². The van der Waals surface area contributed by atoms with Crippen molar-refractivity contribution in [1.82, 2.24) is 0 Å².